The molecule has 0 saturated carbocycles. The molecule has 7 nitrogen and oxygen atoms in total. The summed E-state index contributed by atoms with van der Waals surface area (Å²) in [5.74, 6) is 3.08. The summed E-state index contributed by atoms with van der Waals surface area (Å²) >= 11 is 0. The molecule has 156 valence electrons. The maximum atomic E-state index is 5.77. The number of hydrogen-bond donors (Lipinski definition) is 2. The molecule has 1 aliphatic heterocycles. The SMILES string of the molecule is CN=C(NCC(c1ccc(OC)cc1)N(C)C)Nc1ccc2c(c1)OCCCO2. The molecule has 0 spiro atoms. The van der Waals surface area contributed by atoms with Gasteiger partial charge >= 0.3 is 0 Å². The van der Waals surface area contributed by atoms with Gasteiger partial charge in [0.15, 0.2) is 17.5 Å². The van der Waals surface area contributed by atoms with Crippen LogP contribution in [0.15, 0.2) is 47.5 Å². The molecule has 0 bridgehead atoms. The third-order valence-corrected chi connectivity index (χ3v) is 4.82. The number of rotatable bonds is 6. The molecule has 1 atom stereocenters. The number of nitrogens with zero attached hydrogens (tertiary/aromatic N) is 2. The van der Waals surface area contributed by atoms with Crippen molar-refractivity contribution in [3.05, 3.63) is 48.0 Å². The van der Waals surface area contributed by atoms with E-state index in [0.29, 0.717) is 25.7 Å². The maximum absolute atomic E-state index is 5.77. The van der Waals surface area contributed by atoms with Crippen LogP contribution in [0.4, 0.5) is 5.69 Å². The monoisotopic (exact) mass is 398 g/mol. The van der Waals surface area contributed by atoms with Gasteiger partial charge in [0.1, 0.15) is 5.75 Å². The zero-order valence-corrected chi connectivity index (χ0v) is 17.6. The van der Waals surface area contributed by atoms with Gasteiger partial charge in [0.05, 0.1) is 26.4 Å². The summed E-state index contributed by atoms with van der Waals surface area (Å²) in [7, 11) is 7.57. The van der Waals surface area contributed by atoms with E-state index in [9.17, 15) is 0 Å². The van der Waals surface area contributed by atoms with Crippen LogP contribution in [0, 0.1) is 0 Å². The minimum atomic E-state index is 0.184. The van der Waals surface area contributed by atoms with Gasteiger partial charge in [-0.15, -0.1) is 0 Å². The summed E-state index contributed by atoms with van der Waals surface area (Å²) in [5, 5.41) is 6.74. The van der Waals surface area contributed by atoms with Crippen LogP contribution < -0.4 is 24.8 Å². The van der Waals surface area contributed by atoms with E-state index in [-0.39, 0.29) is 6.04 Å². The molecule has 7 heteroatoms. The number of guanidine groups is 1. The Kier molecular flexibility index (Phi) is 7.19. The highest BCUT2D eigenvalue weighted by molar-refractivity contribution is 5.93. The van der Waals surface area contributed by atoms with Gasteiger partial charge in [-0.1, -0.05) is 12.1 Å². The Balaban J connectivity index is 1.65. The predicted octanol–water partition coefficient (Wildman–Crippen LogP) is 3.15. The van der Waals surface area contributed by atoms with E-state index in [0.717, 1.165) is 29.4 Å². The highest BCUT2D eigenvalue weighted by Gasteiger charge is 2.16. The first-order valence-electron chi connectivity index (χ1n) is 9.78. The lowest BCUT2D eigenvalue weighted by Crippen LogP contribution is -2.37. The second kappa shape index (κ2) is 10.0. The number of benzene rings is 2. The number of likely N-dealkylation sites (N-methyl/N-ethyl adjacent to an activating group) is 1. The van der Waals surface area contributed by atoms with Gasteiger partial charge in [-0.05, 0) is 43.9 Å². The average Bonchev–Trinajstić information content (AvgIpc) is 2.98. The molecular weight excluding hydrogens is 368 g/mol. The Hall–Kier alpha value is -2.93. The lowest BCUT2D eigenvalue weighted by Gasteiger charge is -2.26. The van der Waals surface area contributed by atoms with E-state index in [1.54, 1.807) is 14.2 Å². The molecule has 0 aliphatic carbocycles. The van der Waals surface area contributed by atoms with Crippen molar-refractivity contribution >= 4 is 11.6 Å². The Morgan fingerprint density at radius 3 is 2.48 bits per heavy atom. The van der Waals surface area contributed by atoms with Crippen LogP contribution >= 0.6 is 0 Å². The molecule has 29 heavy (non-hydrogen) atoms. The van der Waals surface area contributed by atoms with Crippen LogP contribution in [-0.4, -0.2) is 58.9 Å². The Bertz CT molecular complexity index is 821. The molecule has 3 rings (SSSR count). The number of nitrogens with one attached hydrogen (secondary N) is 2. The quantitative estimate of drug-likeness (QED) is 0.576. The molecule has 0 radical (unpaired) electrons. The van der Waals surface area contributed by atoms with Crippen LogP contribution in [0.1, 0.15) is 18.0 Å². The topological polar surface area (TPSA) is 67.4 Å². The molecule has 0 saturated heterocycles. The van der Waals surface area contributed by atoms with Gasteiger partial charge in [0, 0.05) is 31.8 Å². The molecule has 1 heterocycles. The highest BCUT2D eigenvalue weighted by atomic mass is 16.5. The second-order valence-electron chi connectivity index (χ2n) is 7.04. The molecule has 0 fully saturated rings. The minimum Gasteiger partial charge on any atom is -0.497 e. The fraction of sp³-hybridized carbons (Fsp3) is 0.409. The third-order valence-electron chi connectivity index (χ3n) is 4.82. The van der Waals surface area contributed by atoms with Gasteiger partial charge in [0.25, 0.3) is 0 Å². The number of ether oxygens (including phenoxy) is 3. The molecule has 0 aromatic heterocycles. The molecule has 1 unspecified atom stereocenters. The van der Waals surface area contributed by atoms with Crippen molar-refractivity contribution in [2.75, 3.05) is 53.3 Å². The van der Waals surface area contributed by atoms with Crippen LogP contribution in [0.5, 0.6) is 17.2 Å². The third kappa shape index (κ3) is 5.54. The second-order valence-corrected chi connectivity index (χ2v) is 7.04. The lowest BCUT2D eigenvalue weighted by atomic mass is 10.1. The Labute approximate surface area is 172 Å². The standard InChI is InChI=1S/C22H30N4O3/c1-23-22(25-17-8-11-20-21(14-17)29-13-5-12-28-20)24-15-19(26(2)3)16-6-9-18(27-4)10-7-16/h6-11,14,19H,5,12-13,15H2,1-4H3,(H2,23,24,25). The van der Waals surface area contributed by atoms with Crippen LogP contribution in [0.2, 0.25) is 0 Å². The number of aliphatic imine (C=N–C) groups is 1. The summed E-state index contributed by atoms with van der Waals surface area (Å²) in [6.07, 6.45) is 0.887. The minimum absolute atomic E-state index is 0.184. The first kappa shape index (κ1) is 20.8. The van der Waals surface area contributed by atoms with Crippen LogP contribution in [0.3, 0.4) is 0 Å². The predicted molar refractivity (Wildman–Crippen MR) is 116 cm³/mol. The average molecular weight is 399 g/mol. The van der Waals surface area contributed by atoms with Crippen molar-refractivity contribution in [3.8, 4) is 17.2 Å². The van der Waals surface area contributed by atoms with Gasteiger partial charge in [-0.25, -0.2) is 0 Å². The van der Waals surface area contributed by atoms with E-state index in [1.807, 2.05) is 30.3 Å². The maximum Gasteiger partial charge on any atom is 0.195 e. The first-order valence-corrected chi connectivity index (χ1v) is 9.78. The summed E-state index contributed by atoms with van der Waals surface area (Å²) in [4.78, 5) is 6.53. The number of fused-ring (bicyclic) bond motifs is 1. The summed E-state index contributed by atoms with van der Waals surface area (Å²) < 4.78 is 16.7. The number of hydrogen-bond acceptors (Lipinski definition) is 5. The van der Waals surface area contributed by atoms with Crippen LogP contribution in [0.25, 0.3) is 0 Å². The van der Waals surface area contributed by atoms with E-state index in [4.69, 9.17) is 14.2 Å². The Morgan fingerprint density at radius 1 is 1.10 bits per heavy atom. The van der Waals surface area contributed by atoms with E-state index >= 15 is 0 Å². The zero-order chi connectivity index (χ0) is 20.6. The summed E-state index contributed by atoms with van der Waals surface area (Å²) in [6.45, 7) is 2.04. The highest BCUT2D eigenvalue weighted by Crippen LogP contribution is 2.32. The van der Waals surface area contributed by atoms with Crippen molar-refractivity contribution in [1.29, 1.82) is 0 Å². The summed E-state index contributed by atoms with van der Waals surface area (Å²) in [6, 6.07) is 14.2. The lowest BCUT2D eigenvalue weighted by molar-refractivity contribution is 0.297. The van der Waals surface area contributed by atoms with Crippen molar-refractivity contribution in [2.45, 2.75) is 12.5 Å². The van der Waals surface area contributed by atoms with Gasteiger partial charge in [-0.2, -0.15) is 0 Å². The van der Waals surface area contributed by atoms with Crippen LogP contribution in [-0.2, 0) is 0 Å². The number of anilines is 1. The van der Waals surface area contributed by atoms with E-state index in [2.05, 4.69) is 46.8 Å². The van der Waals surface area contributed by atoms with E-state index < -0.39 is 0 Å². The largest absolute Gasteiger partial charge is 0.497 e. The van der Waals surface area contributed by atoms with Crippen molar-refractivity contribution in [3.63, 3.8) is 0 Å². The Morgan fingerprint density at radius 2 is 1.83 bits per heavy atom. The molecule has 2 N–H and O–H groups in total. The zero-order valence-electron chi connectivity index (χ0n) is 17.6. The first-order chi connectivity index (χ1) is 14.1. The van der Waals surface area contributed by atoms with Gasteiger partial charge < -0.3 is 29.7 Å². The molecular formula is C22H30N4O3. The molecule has 2 aromatic rings. The normalized spacial score (nSPS) is 14.9. The molecule has 2 aromatic carbocycles. The molecule has 0 amide bonds. The summed E-state index contributed by atoms with van der Waals surface area (Å²) in [5.41, 5.74) is 2.10. The number of methoxy groups -OCH3 is 1. The molecule has 1 aliphatic rings. The van der Waals surface area contributed by atoms with Gasteiger partial charge in [0.2, 0.25) is 0 Å². The smallest absolute Gasteiger partial charge is 0.195 e. The van der Waals surface area contributed by atoms with E-state index in [1.165, 1.54) is 5.56 Å². The van der Waals surface area contributed by atoms with Crippen molar-refractivity contribution < 1.29 is 14.2 Å². The fourth-order valence-corrected chi connectivity index (χ4v) is 3.17. The van der Waals surface area contributed by atoms with Crippen molar-refractivity contribution in [2.24, 2.45) is 4.99 Å². The van der Waals surface area contributed by atoms with Crippen molar-refractivity contribution in [1.82, 2.24) is 10.2 Å². The fourth-order valence-electron chi connectivity index (χ4n) is 3.17. The van der Waals surface area contributed by atoms with Gasteiger partial charge in [-0.3, -0.25) is 4.99 Å².